The fourth-order valence-electron chi connectivity index (χ4n) is 4.08. The van der Waals surface area contributed by atoms with E-state index in [-0.39, 0.29) is 0 Å². The normalized spacial score (nSPS) is 33.2. The average Bonchev–Trinajstić information content (AvgIpc) is 2.88. The van der Waals surface area contributed by atoms with Crippen LogP contribution in [-0.4, -0.2) is 33.7 Å². The number of fused-ring (bicyclic) bond motifs is 1. The second-order valence-electron chi connectivity index (χ2n) is 6.70. The van der Waals surface area contributed by atoms with E-state index in [1.165, 1.54) is 6.42 Å². The molecule has 1 aromatic heterocycles. The van der Waals surface area contributed by atoms with Gasteiger partial charge < -0.3 is 10.6 Å². The van der Waals surface area contributed by atoms with Gasteiger partial charge in [0.15, 0.2) is 0 Å². The molecule has 108 valence electrons. The first-order chi connectivity index (χ1) is 9.70. The van der Waals surface area contributed by atoms with Crippen molar-refractivity contribution in [3.05, 3.63) is 12.3 Å². The SMILES string of the molecule is Nc1ccn(C2CCN(C(=O)C3CC4CC4C3)CC2)n1. The topological polar surface area (TPSA) is 64.2 Å². The van der Waals surface area contributed by atoms with Gasteiger partial charge in [-0.15, -0.1) is 0 Å². The van der Waals surface area contributed by atoms with E-state index in [2.05, 4.69) is 10.00 Å². The van der Waals surface area contributed by atoms with Gasteiger partial charge in [0.25, 0.3) is 0 Å². The fraction of sp³-hybridized carbons (Fsp3) is 0.733. The summed E-state index contributed by atoms with van der Waals surface area (Å²) in [6, 6.07) is 2.23. The molecule has 1 amide bonds. The van der Waals surface area contributed by atoms with E-state index < -0.39 is 0 Å². The zero-order valence-electron chi connectivity index (χ0n) is 11.7. The summed E-state index contributed by atoms with van der Waals surface area (Å²) in [5.41, 5.74) is 5.66. The van der Waals surface area contributed by atoms with E-state index in [0.29, 0.717) is 23.7 Å². The third-order valence-corrected chi connectivity index (χ3v) is 5.37. The number of nitrogens with two attached hydrogens (primary N) is 1. The van der Waals surface area contributed by atoms with Crippen molar-refractivity contribution in [2.45, 2.75) is 38.1 Å². The lowest BCUT2D eigenvalue weighted by molar-refractivity contribution is -0.137. The Morgan fingerprint density at radius 3 is 2.50 bits per heavy atom. The molecule has 2 atom stereocenters. The number of piperidine rings is 1. The fourth-order valence-corrected chi connectivity index (χ4v) is 4.08. The molecule has 0 aromatic carbocycles. The number of hydrogen-bond donors (Lipinski definition) is 1. The van der Waals surface area contributed by atoms with Crippen molar-refractivity contribution >= 4 is 11.7 Å². The summed E-state index contributed by atoms with van der Waals surface area (Å²) in [6.45, 7) is 1.74. The van der Waals surface area contributed by atoms with E-state index in [4.69, 9.17) is 5.73 Å². The molecule has 5 nitrogen and oxygen atoms in total. The number of nitrogens with zero attached hydrogens (tertiary/aromatic N) is 3. The number of carbonyl (C=O) groups excluding carboxylic acids is 1. The van der Waals surface area contributed by atoms with Crippen molar-refractivity contribution in [1.82, 2.24) is 14.7 Å². The Morgan fingerprint density at radius 1 is 1.20 bits per heavy atom. The summed E-state index contributed by atoms with van der Waals surface area (Å²) in [5, 5.41) is 4.29. The predicted octanol–water partition coefficient (Wildman–Crippen LogP) is 1.67. The summed E-state index contributed by atoms with van der Waals surface area (Å²) in [6.07, 6.45) is 7.62. The van der Waals surface area contributed by atoms with Crippen LogP contribution in [0.25, 0.3) is 0 Å². The molecule has 2 N–H and O–H groups in total. The number of carbonyl (C=O) groups is 1. The number of nitrogen functional groups attached to an aromatic ring is 1. The molecule has 1 saturated heterocycles. The third kappa shape index (κ3) is 2.09. The first-order valence-corrected chi connectivity index (χ1v) is 7.80. The molecule has 5 heteroatoms. The Balaban J connectivity index is 1.33. The first-order valence-electron chi connectivity index (χ1n) is 7.80. The molecule has 3 fully saturated rings. The molecule has 20 heavy (non-hydrogen) atoms. The Morgan fingerprint density at radius 2 is 1.90 bits per heavy atom. The van der Waals surface area contributed by atoms with Gasteiger partial charge in [0.05, 0.1) is 6.04 Å². The largest absolute Gasteiger partial charge is 0.382 e. The van der Waals surface area contributed by atoms with E-state index in [1.54, 1.807) is 0 Å². The maximum Gasteiger partial charge on any atom is 0.225 e. The first kappa shape index (κ1) is 12.2. The molecule has 1 aromatic rings. The summed E-state index contributed by atoms with van der Waals surface area (Å²) in [5.74, 6) is 3.09. The van der Waals surface area contributed by atoms with Crippen LogP contribution in [0.2, 0.25) is 0 Å². The molecule has 0 radical (unpaired) electrons. The van der Waals surface area contributed by atoms with Gasteiger partial charge in [0, 0.05) is 25.2 Å². The van der Waals surface area contributed by atoms with Crippen LogP contribution in [0, 0.1) is 17.8 Å². The molecule has 4 rings (SSSR count). The maximum atomic E-state index is 12.5. The molecule has 2 aliphatic carbocycles. The smallest absolute Gasteiger partial charge is 0.225 e. The monoisotopic (exact) mass is 274 g/mol. The van der Waals surface area contributed by atoms with Crippen molar-refractivity contribution in [3.63, 3.8) is 0 Å². The molecule has 2 saturated carbocycles. The molecular formula is C15H22N4O. The lowest BCUT2D eigenvalue weighted by Gasteiger charge is -2.34. The van der Waals surface area contributed by atoms with Gasteiger partial charge in [-0.05, 0) is 50.0 Å². The predicted molar refractivity (Wildman–Crippen MR) is 75.8 cm³/mol. The highest BCUT2D eigenvalue weighted by Gasteiger charge is 2.48. The molecular weight excluding hydrogens is 252 g/mol. The van der Waals surface area contributed by atoms with Crippen LogP contribution in [0.5, 0.6) is 0 Å². The van der Waals surface area contributed by atoms with Crippen LogP contribution in [0.15, 0.2) is 12.3 Å². The Labute approximate surface area is 119 Å². The summed E-state index contributed by atoms with van der Waals surface area (Å²) in [4.78, 5) is 14.6. The standard InChI is InChI=1S/C15H22N4O/c16-14-3-6-19(17-14)13-1-4-18(5-2-13)15(20)12-8-10-7-11(10)9-12/h3,6,10-13H,1-2,4-5,7-9H2,(H2,16,17). The highest BCUT2D eigenvalue weighted by molar-refractivity contribution is 5.79. The van der Waals surface area contributed by atoms with Gasteiger partial charge in [-0.1, -0.05) is 0 Å². The summed E-state index contributed by atoms with van der Waals surface area (Å²) >= 11 is 0. The Hall–Kier alpha value is -1.52. The van der Waals surface area contributed by atoms with Crippen molar-refractivity contribution in [1.29, 1.82) is 0 Å². The average molecular weight is 274 g/mol. The second kappa shape index (κ2) is 4.50. The van der Waals surface area contributed by atoms with Crippen molar-refractivity contribution in [3.8, 4) is 0 Å². The summed E-state index contributed by atoms with van der Waals surface area (Å²) in [7, 11) is 0. The van der Waals surface area contributed by atoms with Crippen molar-refractivity contribution in [2.24, 2.45) is 17.8 Å². The lowest BCUT2D eigenvalue weighted by Crippen LogP contribution is -2.42. The Kier molecular flexibility index (Phi) is 2.75. The van der Waals surface area contributed by atoms with E-state index in [1.807, 2.05) is 16.9 Å². The van der Waals surface area contributed by atoms with E-state index >= 15 is 0 Å². The zero-order chi connectivity index (χ0) is 13.7. The number of hydrogen-bond acceptors (Lipinski definition) is 3. The minimum absolute atomic E-state index is 0.329. The minimum atomic E-state index is 0.329. The van der Waals surface area contributed by atoms with E-state index in [0.717, 1.165) is 50.6 Å². The molecule has 0 spiro atoms. The number of amides is 1. The molecule has 2 unspecified atom stereocenters. The van der Waals surface area contributed by atoms with Gasteiger partial charge >= 0.3 is 0 Å². The molecule has 0 bridgehead atoms. The van der Waals surface area contributed by atoms with Crippen LogP contribution in [0.3, 0.4) is 0 Å². The van der Waals surface area contributed by atoms with Crippen LogP contribution >= 0.6 is 0 Å². The molecule has 2 heterocycles. The lowest BCUT2D eigenvalue weighted by atomic mass is 9.99. The van der Waals surface area contributed by atoms with Crippen LogP contribution in [0.1, 0.15) is 38.1 Å². The maximum absolute atomic E-state index is 12.5. The third-order valence-electron chi connectivity index (χ3n) is 5.37. The summed E-state index contributed by atoms with van der Waals surface area (Å²) < 4.78 is 1.96. The van der Waals surface area contributed by atoms with Crippen LogP contribution in [-0.2, 0) is 4.79 Å². The number of likely N-dealkylation sites (tertiary alicyclic amines) is 1. The zero-order valence-corrected chi connectivity index (χ0v) is 11.7. The van der Waals surface area contributed by atoms with Crippen LogP contribution < -0.4 is 5.73 Å². The highest BCUT2D eigenvalue weighted by Crippen LogP contribution is 2.54. The number of aromatic nitrogens is 2. The van der Waals surface area contributed by atoms with Gasteiger partial charge in [0.1, 0.15) is 5.82 Å². The quantitative estimate of drug-likeness (QED) is 0.892. The van der Waals surface area contributed by atoms with Gasteiger partial charge in [0.2, 0.25) is 5.91 Å². The Bertz CT molecular complexity index is 508. The minimum Gasteiger partial charge on any atom is -0.382 e. The van der Waals surface area contributed by atoms with Gasteiger partial charge in [-0.3, -0.25) is 9.48 Å². The van der Waals surface area contributed by atoms with Crippen LogP contribution in [0.4, 0.5) is 5.82 Å². The van der Waals surface area contributed by atoms with Gasteiger partial charge in [-0.25, -0.2) is 0 Å². The number of anilines is 1. The van der Waals surface area contributed by atoms with Crippen molar-refractivity contribution in [2.75, 3.05) is 18.8 Å². The van der Waals surface area contributed by atoms with E-state index in [9.17, 15) is 4.79 Å². The van der Waals surface area contributed by atoms with Gasteiger partial charge in [-0.2, -0.15) is 5.10 Å². The second-order valence-corrected chi connectivity index (χ2v) is 6.70. The molecule has 1 aliphatic heterocycles. The molecule has 3 aliphatic rings. The number of rotatable bonds is 2. The highest BCUT2D eigenvalue weighted by atomic mass is 16.2. The van der Waals surface area contributed by atoms with Crippen molar-refractivity contribution < 1.29 is 4.79 Å².